The van der Waals surface area contributed by atoms with Crippen LogP contribution in [0.1, 0.15) is 0 Å². The van der Waals surface area contributed by atoms with Crippen LogP contribution >= 0.6 is 23.2 Å². The van der Waals surface area contributed by atoms with Crippen LogP contribution in [0.5, 0.6) is 5.88 Å². The smallest absolute Gasteiger partial charge is 0.275 e. The minimum absolute atomic E-state index is 0.0405. The van der Waals surface area contributed by atoms with Crippen molar-refractivity contribution in [2.24, 2.45) is 0 Å². The van der Waals surface area contributed by atoms with E-state index in [9.17, 15) is 4.79 Å². The summed E-state index contributed by atoms with van der Waals surface area (Å²) in [7, 11) is 1.47. The highest BCUT2D eigenvalue weighted by atomic mass is 35.5. The van der Waals surface area contributed by atoms with Crippen molar-refractivity contribution >= 4 is 34.6 Å². The second kappa shape index (κ2) is 9.41. The van der Waals surface area contributed by atoms with Crippen molar-refractivity contribution in [1.29, 1.82) is 0 Å². The molecule has 21 heavy (non-hydrogen) atoms. The number of rotatable bonds is 1. The molecule has 0 unspecified atom stereocenters. The van der Waals surface area contributed by atoms with E-state index in [0.717, 1.165) is 0 Å². The van der Waals surface area contributed by atoms with Gasteiger partial charge in [-0.1, -0.05) is 23.2 Å². The van der Waals surface area contributed by atoms with Gasteiger partial charge in [0.15, 0.2) is 10.3 Å². The molecule has 8 nitrogen and oxygen atoms in total. The number of ether oxygens (including phenoxy) is 1. The van der Waals surface area contributed by atoms with E-state index in [1.807, 2.05) is 0 Å². The number of aromatic amines is 1. The fraction of sp³-hybridized carbons (Fsp3) is 0.0909. The average Bonchev–Trinajstić information content (AvgIpc) is 2.50. The first-order valence-electron chi connectivity index (χ1n) is 5.09. The predicted molar refractivity (Wildman–Crippen MR) is 82.2 cm³/mol. The third kappa shape index (κ3) is 5.56. The highest BCUT2D eigenvalue weighted by molar-refractivity contribution is 6.32. The van der Waals surface area contributed by atoms with Crippen LogP contribution in [-0.4, -0.2) is 27.0 Å². The van der Waals surface area contributed by atoms with Crippen molar-refractivity contribution in [1.82, 2.24) is 19.9 Å². The largest absolute Gasteiger partial charge is 0.479 e. The van der Waals surface area contributed by atoms with Crippen molar-refractivity contribution in [2.45, 2.75) is 0 Å². The summed E-state index contributed by atoms with van der Waals surface area (Å²) in [4.78, 5) is 23.7. The van der Waals surface area contributed by atoms with E-state index in [4.69, 9.17) is 39.4 Å². The maximum atomic E-state index is 10.5. The Balaban J connectivity index is 0.000000342. The van der Waals surface area contributed by atoms with Crippen LogP contribution in [-0.2, 0) is 0 Å². The van der Waals surface area contributed by atoms with Crippen molar-refractivity contribution in [2.75, 3.05) is 18.6 Å². The summed E-state index contributed by atoms with van der Waals surface area (Å²) in [5.41, 5.74) is 10.4. The van der Waals surface area contributed by atoms with Crippen molar-refractivity contribution in [3.8, 4) is 18.7 Å². The van der Waals surface area contributed by atoms with Crippen LogP contribution in [0.25, 0.3) is 0 Å². The Kier molecular flexibility index (Phi) is 8.29. The van der Waals surface area contributed by atoms with Gasteiger partial charge in [0.2, 0.25) is 5.88 Å². The molecule has 2 aromatic rings. The van der Waals surface area contributed by atoms with Crippen LogP contribution in [0.2, 0.25) is 10.3 Å². The first kappa shape index (κ1) is 18.5. The zero-order valence-corrected chi connectivity index (χ0v) is 12.4. The number of hydrogen-bond acceptors (Lipinski definition) is 7. The van der Waals surface area contributed by atoms with Crippen molar-refractivity contribution < 1.29 is 4.74 Å². The second-order valence-corrected chi connectivity index (χ2v) is 3.74. The molecule has 0 radical (unpaired) electrons. The molecule has 0 aliphatic heterocycles. The molecule has 112 valence electrons. The van der Waals surface area contributed by atoms with Crippen LogP contribution in [0, 0.1) is 12.8 Å². The van der Waals surface area contributed by atoms with E-state index in [1.165, 1.54) is 19.8 Å². The number of nitrogen functional groups attached to an aromatic ring is 2. The molecule has 2 aromatic heterocycles. The Hall–Kier alpha value is -2.50. The van der Waals surface area contributed by atoms with Gasteiger partial charge in [-0.3, -0.25) is 4.79 Å². The van der Waals surface area contributed by atoms with Gasteiger partial charge >= 0.3 is 0 Å². The molecule has 0 saturated carbocycles. The van der Waals surface area contributed by atoms with Gasteiger partial charge in [-0.05, 0) is 0 Å². The van der Waals surface area contributed by atoms with Crippen LogP contribution < -0.4 is 21.8 Å². The summed E-state index contributed by atoms with van der Waals surface area (Å²) in [5.74, 6) is 0.306. The minimum Gasteiger partial charge on any atom is -0.479 e. The molecule has 5 N–H and O–H groups in total. The van der Waals surface area contributed by atoms with Gasteiger partial charge in [0.1, 0.15) is 17.7 Å². The van der Waals surface area contributed by atoms with Gasteiger partial charge in [0.25, 0.3) is 5.56 Å². The van der Waals surface area contributed by atoms with Crippen LogP contribution in [0.15, 0.2) is 17.4 Å². The van der Waals surface area contributed by atoms with Crippen molar-refractivity contribution in [3.63, 3.8) is 0 Å². The minimum atomic E-state index is -0.407. The molecule has 0 amide bonds. The van der Waals surface area contributed by atoms with E-state index in [0.29, 0.717) is 5.88 Å². The maximum absolute atomic E-state index is 10.5. The van der Waals surface area contributed by atoms with Gasteiger partial charge in [0.05, 0.1) is 13.4 Å². The predicted octanol–water partition coefficient (Wildman–Crippen LogP) is 0.976. The zero-order chi connectivity index (χ0) is 16.4. The van der Waals surface area contributed by atoms with Crippen molar-refractivity contribution in [3.05, 3.63) is 33.3 Å². The van der Waals surface area contributed by atoms with Gasteiger partial charge in [-0.15, -0.1) is 12.8 Å². The standard InChI is InChI=1S/C5H6ClN3O.C4H4ClN3O.C2H2/c1-10-5-3(7)4(6)8-2-9-5;5-3-2(6)4(9)8-1-7-3;1-2/h2H,7H2,1H3;1H,6H2,(H,7,8,9);1-2H. The maximum Gasteiger partial charge on any atom is 0.275 e. The number of nitrogens with one attached hydrogen (secondary N) is 1. The average molecular weight is 331 g/mol. The summed E-state index contributed by atoms with van der Waals surface area (Å²) >= 11 is 10.9. The van der Waals surface area contributed by atoms with Crippen LogP contribution in [0.3, 0.4) is 0 Å². The molecule has 0 aliphatic rings. The topological polar surface area (TPSA) is 133 Å². The zero-order valence-electron chi connectivity index (χ0n) is 10.9. The van der Waals surface area contributed by atoms with Crippen LogP contribution in [0.4, 0.5) is 11.4 Å². The molecule has 0 spiro atoms. The quantitative estimate of drug-likeness (QED) is 0.524. The fourth-order valence-corrected chi connectivity index (χ4v) is 1.17. The normalized spacial score (nSPS) is 8.62. The molecule has 2 heterocycles. The third-order valence-corrected chi connectivity index (χ3v) is 2.43. The number of methoxy groups -OCH3 is 1. The molecule has 0 saturated heterocycles. The number of hydrogen-bond donors (Lipinski definition) is 3. The van der Waals surface area contributed by atoms with E-state index in [2.05, 4.69) is 32.8 Å². The van der Waals surface area contributed by atoms with Gasteiger partial charge in [-0.25, -0.2) is 9.97 Å². The molecular weight excluding hydrogens is 319 g/mol. The SMILES string of the molecule is C#C.COc1ncnc(Cl)c1N.Nc1c(Cl)nc[nH]c1=O. The number of aromatic nitrogens is 4. The lowest BCUT2D eigenvalue weighted by molar-refractivity contribution is 0.399. The number of nitrogens with zero attached hydrogens (tertiary/aromatic N) is 3. The van der Waals surface area contributed by atoms with Gasteiger partial charge < -0.3 is 21.2 Å². The monoisotopic (exact) mass is 330 g/mol. The highest BCUT2D eigenvalue weighted by Crippen LogP contribution is 2.22. The summed E-state index contributed by atoms with van der Waals surface area (Å²) in [5, 5.41) is 0.255. The highest BCUT2D eigenvalue weighted by Gasteiger charge is 2.03. The molecule has 0 aliphatic carbocycles. The lowest BCUT2D eigenvalue weighted by Crippen LogP contribution is -2.11. The van der Waals surface area contributed by atoms with Gasteiger partial charge in [0, 0.05) is 0 Å². The van der Waals surface area contributed by atoms with E-state index in [1.54, 1.807) is 0 Å². The Bertz CT molecular complexity index is 659. The van der Waals surface area contributed by atoms with E-state index in [-0.39, 0.29) is 21.7 Å². The van der Waals surface area contributed by atoms with E-state index < -0.39 is 5.56 Å². The summed E-state index contributed by atoms with van der Waals surface area (Å²) < 4.78 is 4.77. The molecule has 0 atom stereocenters. The lowest BCUT2D eigenvalue weighted by atomic mass is 10.5. The summed E-state index contributed by atoms with van der Waals surface area (Å²) in [6.45, 7) is 0. The Labute approximate surface area is 130 Å². The number of nitrogens with two attached hydrogens (primary N) is 2. The summed E-state index contributed by atoms with van der Waals surface area (Å²) in [6, 6.07) is 0. The number of halogens is 2. The van der Waals surface area contributed by atoms with Gasteiger partial charge in [-0.2, -0.15) is 4.98 Å². The molecule has 2 rings (SSSR count). The molecule has 0 bridgehead atoms. The Morgan fingerprint density at radius 2 is 1.71 bits per heavy atom. The second-order valence-electron chi connectivity index (χ2n) is 3.02. The lowest BCUT2D eigenvalue weighted by Gasteiger charge is -2.01. The fourth-order valence-electron chi connectivity index (χ4n) is 0.911. The molecular formula is C11H12Cl2N6O2. The molecule has 0 fully saturated rings. The molecule has 0 aromatic carbocycles. The Morgan fingerprint density at radius 3 is 2.14 bits per heavy atom. The summed E-state index contributed by atoms with van der Waals surface area (Å²) in [6.07, 6.45) is 10.5. The Morgan fingerprint density at radius 1 is 1.14 bits per heavy atom. The number of anilines is 2. The number of H-pyrrole nitrogens is 1. The number of terminal acetylenes is 1. The van der Waals surface area contributed by atoms with E-state index >= 15 is 0 Å². The first-order chi connectivity index (χ1) is 9.97. The third-order valence-electron chi connectivity index (χ3n) is 1.83. The molecule has 10 heteroatoms. The first-order valence-corrected chi connectivity index (χ1v) is 5.85.